The van der Waals surface area contributed by atoms with Crippen molar-refractivity contribution in [3.63, 3.8) is 0 Å². The minimum absolute atomic E-state index is 0.547. The van der Waals surface area contributed by atoms with Crippen LogP contribution in [0.4, 0.5) is 23.1 Å². The molecule has 7 nitrogen and oxygen atoms in total. The monoisotopic (exact) mass is 367 g/mol. The van der Waals surface area contributed by atoms with Gasteiger partial charge in [-0.3, -0.25) is 0 Å². The van der Waals surface area contributed by atoms with Crippen LogP contribution in [0.1, 0.15) is 19.8 Å². The number of piperidine rings is 1. The van der Waals surface area contributed by atoms with Gasteiger partial charge in [-0.2, -0.15) is 10.1 Å². The van der Waals surface area contributed by atoms with E-state index < -0.39 is 0 Å². The predicted molar refractivity (Wildman–Crippen MR) is 110 cm³/mol. The fraction of sp³-hybridized carbons (Fsp3) is 0.550. The van der Waals surface area contributed by atoms with Gasteiger partial charge < -0.3 is 20.0 Å². The number of nitrogens with zero attached hydrogens (tertiary/aromatic N) is 6. The summed E-state index contributed by atoms with van der Waals surface area (Å²) in [6.07, 6.45) is 4.30. The van der Waals surface area contributed by atoms with Crippen molar-refractivity contribution in [2.75, 3.05) is 61.4 Å². The molecule has 0 saturated carbocycles. The molecule has 2 fully saturated rings. The molecule has 1 aromatic carbocycles. The van der Waals surface area contributed by atoms with E-state index in [-0.39, 0.29) is 0 Å². The summed E-state index contributed by atoms with van der Waals surface area (Å²) in [5, 5.41) is 11.6. The molecule has 3 heterocycles. The van der Waals surface area contributed by atoms with Crippen LogP contribution in [0.15, 0.2) is 30.5 Å². The lowest BCUT2D eigenvalue weighted by atomic mass is 9.99. The maximum atomic E-state index is 4.65. The van der Waals surface area contributed by atoms with Gasteiger partial charge in [0.25, 0.3) is 0 Å². The van der Waals surface area contributed by atoms with E-state index in [1.165, 1.54) is 18.5 Å². The first kappa shape index (κ1) is 18.0. The Hall–Kier alpha value is -2.41. The summed E-state index contributed by atoms with van der Waals surface area (Å²) < 4.78 is 0. The number of hydrogen-bond acceptors (Lipinski definition) is 7. The highest BCUT2D eigenvalue weighted by molar-refractivity contribution is 5.60. The van der Waals surface area contributed by atoms with Crippen molar-refractivity contribution in [2.45, 2.75) is 19.8 Å². The molecule has 1 aromatic heterocycles. The minimum Gasteiger partial charge on any atom is -0.372 e. The summed E-state index contributed by atoms with van der Waals surface area (Å²) in [6.45, 7) is 8.67. The van der Waals surface area contributed by atoms with E-state index >= 15 is 0 Å². The number of benzene rings is 1. The SMILES string of the molecule is CC1CCN(c2ccc(Nc3nncc(N4CCN(C)CC4)n3)cc2)CC1. The molecule has 0 aliphatic carbocycles. The summed E-state index contributed by atoms with van der Waals surface area (Å²) in [6, 6.07) is 8.55. The van der Waals surface area contributed by atoms with Crippen molar-refractivity contribution >= 4 is 23.1 Å². The summed E-state index contributed by atoms with van der Waals surface area (Å²) in [5.74, 6) is 2.28. The van der Waals surface area contributed by atoms with Crippen LogP contribution in [-0.2, 0) is 0 Å². The van der Waals surface area contributed by atoms with Gasteiger partial charge in [0.1, 0.15) is 0 Å². The molecule has 0 radical (unpaired) electrons. The lowest BCUT2D eigenvalue weighted by molar-refractivity contribution is 0.312. The van der Waals surface area contributed by atoms with Crippen LogP contribution in [0.3, 0.4) is 0 Å². The summed E-state index contributed by atoms with van der Waals surface area (Å²) in [4.78, 5) is 11.7. The maximum Gasteiger partial charge on any atom is 0.249 e. The zero-order valence-electron chi connectivity index (χ0n) is 16.3. The van der Waals surface area contributed by atoms with Crippen LogP contribution < -0.4 is 15.1 Å². The van der Waals surface area contributed by atoms with Crippen molar-refractivity contribution in [2.24, 2.45) is 5.92 Å². The van der Waals surface area contributed by atoms with Crippen LogP contribution in [0.5, 0.6) is 0 Å². The molecule has 2 aliphatic rings. The largest absolute Gasteiger partial charge is 0.372 e. The van der Waals surface area contributed by atoms with E-state index in [2.05, 4.69) is 73.4 Å². The van der Waals surface area contributed by atoms with Crippen molar-refractivity contribution in [3.8, 4) is 0 Å². The van der Waals surface area contributed by atoms with Gasteiger partial charge in [-0.05, 0) is 50.1 Å². The van der Waals surface area contributed by atoms with Gasteiger partial charge in [0, 0.05) is 50.6 Å². The zero-order valence-corrected chi connectivity index (χ0v) is 16.3. The molecular formula is C20H29N7. The molecule has 144 valence electrons. The first-order chi connectivity index (χ1) is 13.2. The van der Waals surface area contributed by atoms with Gasteiger partial charge >= 0.3 is 0 Å². The minimum atomic E-state index is 0.547. The van der Waals surface area contributed by atoms with Gasteiger partial charge in [0.2, 0.25) is 5.95 Å². The molecular weight excluding hydrogens is 338 g/mol. The lowest BCUT2D eigenvalue weighted by Crippen LogP contribution is -2.44. The van der Waals surface area contributed by atoms with Crippen LogP contribution in [0, 0.1) is 5.92 Å². The average molecular weight is 368 g/mol. The third-order valence-corrected chi connectivity index (χ3v) is 5.65. The number of rotatable bonds is 4. The first-order valence-electron chi connectivity index (χ1n) is 9.92. The van der Waals surface area contributed by atoms with Crippen LogP contribution in [0.25, 0.3) is 0 Å². The third-order valence-electron chi connectivity index (χ3n) is 5.65. The fourth-order valence-corrected chi connectivity index (χ4v) is 3.69. The Morgan fingerprint density at radius 2 is 1.63 bits per heavy atom. The molecule has 2 aromatic rings. The zero-order chi connectivity index (χ0) is 18.6. The van der Waals surface area contributed by atoms with Crippen LogP contribution in [0.2, 0.25) is 0 Å². The van der Waals surface area contributed by atoms with E-state index in [4.69, 9.17) is 0 Å². The second-order valence-corrected chi connectivity index (χ2v) is 7.77. The number of aromatic nitrogens is 3. The molecule has 7 heteroatoms. The summed E-state index contributed by atoms with van der Waals surface area (Å²) in [7, 11) is 2.15. The molecule has 2 saturated heterocycles. The van der Waals surface area contributed by atoms with Gasteiger partial charge in [-0.1, -0.05) is 6.92 Å². The maximum absolute atomic E-state index is 4.65. The highest BCUT2D eigenvalue weighted by Gasteiger charge is 2.17. The van der Waals surface area contributed by atoms with Crippen LogP contribution in [-0.4, -0.2) is 66.4 Å². The van der Waals surface area contributed by atoms with E-state index in [1.54, 1.807) is 6.20 Å². The fourth-order valence-electron chi connectivity index (χ4n) is 3.69. The quantitative estimate of drug-likeness (QED) is 0.891. The number of anilines is 4. The summed E-state index contributed by atoms with van der Waals surface area (Å²) >= 11 is 0. The number of hydrogen-bond donors (Lipinski definition) is 1. The van der Waals surface area contributed by atoms with Gasteiger partial charge in [-0.25, -0.2) is 0 Å². The van der Waals surface area contributed by atoms with E-state index in [1.807, 2.05) is 0 Å². The van der Waals surface area contributed by atoms with Gasteiger partial charge in [0.15, 0.2) is 5.82 Å². The first-order valence-corrected chi connectivity index (χ1v) is 9.92. The van der Waals surface area contributed by atoms with E-state index in [0.717, 1.165) is 56.7 Å². The topological polar surface area (TPSA) is 60.4 Å². The smallest absolute Gasteiger partial charge is 0.249 e. The van der Waals surface area contributed by atoms with Crippen LogP contribution >= 0.6 is 0 Å². The van der Waals surface area contributed by atoms with Crippen molar-refractivity contribution in [3.05, 3.63) is 30.5 Å². The Balaban J connectivity index is 1.39. The van der Waals surface area contributed by atoms with E-state index in [9.17, 15) is 0 Å². The van der Waals surface area contributed by atoms with Crippen molar-refractivity contribution in [1.82, 2.24) is 20.1 Å². The molecule has 0 spiro atoms. The third kappa shape index (κ3) is 4.47. The Morgan fingerprint density at radius 3 is 2.33 bits per heavy atom. The Bertz CT molecular complexity index is 732. The second-order valence-electron chi connectivity index (χ2n) is 7.77. The second kappa shape index (κ2) is 8.08. The van der Waals surface area contributed by atoms with E-state index in [0.29, 0.717) is 5.95 Å². The molecule has 0 atom stereocenters. The predicted octanol–water partition coefficient (Wildman–Crippen LogP) is 2.60. The molecule has 0 unspecified atom stereocenters. The number of nitrogens with one attached hydrogen (secondary N) is 1. The molecule has 0 amide bonds. The van der Waals surface area contributed by atoms with Crippen molar-refractivity contribution < 1.29 is 0 Å². The van der Waals surface area contributed by atoms with Crippen molar-refractivity contribution in [1.29, 1.82) is 0 Å². The average Bonchev–Trinajstić information content (AvgIpc) is 2.70. The lowest BCUT2D eigenvalue weighted by Gasteiger charge is -2.33. The molecule has 0 bridgehead atoms. The Morgan fingerprint density at radius 1 is 0.926 bits per heavy atom. The standard InChI is InChI=1S/C20H29N7/c1-16-7-9-26(10-8-16)18-5-3-17(4-6-18)22-20-23-19(15-21-24-20)27-13-11-25(2)12-14-27/h3-6,15-16H,7-14H2,1-2H3,(H,22,23,24). The van der Waals surface area contributed by atoms with Gasteiger partial charge in [-0.15, -0.1) is 5.10 Å². The Kier molecular flexibility index (Phi) is 5.38. The highest BCUT2D eigenvalue weighted by Crippen LogP contribution is 2.25. The van der Waals surface area contributed by atoms with Gasteiger partial charge in [0.05, 0.1) is 6.20 Å². The highest BCUT2D eigenvalue weighted by atomic mass is 15.3. The number of piperazine rings is 1. The summed E-state index contributed by atoms with van der Waals surface area (Å²) in [5.41, 5.74) is 2.28. The number of likely N-dealkylation sites (N-methyl/N-ethyl adjacent to an activating group) is 1. The molecule has 27 heavy (non-hydrogen) atoms. The Labute approximate surface area is 161 Å². The normalized spacial score (nSPS) is 19.3. The molecule has 4 rings (SSSR count). The molecule has 1 N–H and O–H groups in total. The molecule has 2 aliphatic heterocycles.